The first kappa shape index (κ1) is 15.2. The van der Waals surface area contributed by atoms with Crippen LogP contribution in [0.3, 0.4) is 0 Å². The van der Waals surface area contributed by atoms with E-state index in [0.717, 1.165) is 22.2 Å². The van der Waals surface area contributed by atoms with Gasteiger partial charge < -0.3 is 5.32 Å². The maximum Gasteiger partial charge on any atom is 0.180 e. The fraction of sp³-hybridized carbons (Fsp3) is 0.333. The van der Waals surface area contributed by atoms with E-state index in [1.807, 2.05) is 37.4 Å². The van der Waals surface area contributed by atoms with Crippen molar-refractivity contribution in [2.45, 2.75) is 32.7 Å². The van der Waals surface area contributed by atoms with E-state index in [-0.39, 0.29) is 6.04 Å². The summed E-state index contributed by atoms with van der Waals surface area (Å²) in [5, 5.41) is 4.73. The van der Waals surface area contributed by atoms with Gasteiger partial charge in [-0.3, -0.25) is 4.98 Å². The third-order valence-electron chi connectivity index (χ3n) is 4.05. The summed E-state index contributed by atoms with van der Waals surface area (Å²) >= 11 is 1.76. The molecule has 0 saturated heterocycles. The van der Waals surface area contributed by atoms with Crippen molar-refractivity contribution in [2.24, 2.45) is 5.92 Å². The minimum Gasteiger partial charge on any atom is -0.360 e. The number of anilines is 1. The first-order valence-electron chi connectivity index (χ1n) is 8.15. The number of rotatable bonds is 5. The fourth-order valence-electron chi connectivity index (χ4n) is 2.74. The number of thiazole rings is 1. The molecule has 5 nitrogen and oxygen atoms in total. The zero-order valence-corrected chi connectivity index (χ0v) is 14.5. The van der Waals surface area contributed by atoms with E-state index in [2.05, 4.69) is 32.2 Å². The van der Waals surface area contributed by atoms with Crippen LogP contribution in [0.2, 0.25) is 0 Å². The smallest absolute Gasteiger partial charge is 0.180 e. The molecule has 0 radical (unpaired) electrons. The number of hydrogen-bond acceptors (Lipinski definition) is 6. The average molecular weight is 337 g/mol. The predicted octanol–water partition coefficient (Wildman–Crippen LogP) is 4.18. The summed E-state index contributed by atoms with van der Waals surface area (Å²) in [4.78, 5) is 19.4. The molecule has 0 aliphatic heterocycles. The van der Waals surface area contributed by atoms with Gasteiger partial charge in [0.1, 0.15) is 16.5 Å². The lowest BCUT2D eigenvalue weighted by Gasteiger charge is -2.17. The predicted molar refractivity (Wildman–Crippen MR) is 95.9 cm³/mol. The van der Waals surface area contributed by atoms with Gasteiger partial charge in [-0.15, -0.1) is 11.3 Å². The first-order valence-corrected chi connectivity index (χ1v) is 8.96. The molecule has 0 amide bonds. The van der Waals surface area contributed by atoms with Crippen LogP contribution in [0.1, 0.15) is 34.5 Å². The molecule has 0 unspecified atom stereocenters. The molecule has 1 N–H and O–H groups in total. The highest BCUT2D eigenvalue weighted by molar-refractivity contribution is 7.11. The van der Waals surface area contributed by atoms with E-state index in [1.54, 1.807) is 17.5 Å². The van der Waals surface area contributed by atoms with Gasteiger partial charge in [-0.2, -0.15) is 0 Å². The number of hydrogen-bond donors (Lipinski definition) is 1. The molecule has 6 heteroatoms. The highest BCUT2D eigenvalue weighted by Gasteiger charge is 2.34. The van der Waals surface area contributed by atoms with Gasteiger partial charge in [0.25, 0.3) is 0 Å². The highest BCUT2D eigenvalue weighted by atomic mass is 32.1. The molecule has 24 heavy (non-hydrogen) atoms. The molecule has 0 bridgehead atoms. The molecule has 3 heterocycles. The number of nitrogens with one attached hydrogen (secondary N) is 1. The number of aromatic nitrogens is 4. The van der Waals surface area contributed by atoms with E-state index in [1.165, 1.54) is 17.7 Å². The number of nitrogens with zero attached hydrogens (tertiary/aromatic N) is 4. The average Bonchev–Trinajstić information content (AvgIpc) is 3.34. The van der Waals surface area contributed by atoms with Gasteiger partial charge in [-0.05, 0) is 44.7 Å². The lowest BCUT2D eigenvalue weighted by molar-refractivity contribution is 0.670. The molecule has 122 valence electrons. The maximum atomic E-state index is 4.68. The van der Waals surface area contributed by atoms with E-state index >= 15 is 0 Å². The van der Waals surface area contributed by atoms with Gasteiger partial charge >= 0.3 is 0 Å². The molecule has 0 aromatic carbocycles. The Hall–Kier alpha value is -2.34. The van der Waals surface area contributed by atoms with E-state index in [4.69, 9.17) is 0 Å². The Morgan fingerprint density at radius 1 is 1.17 bits per heavy atom. The van der Waals surface area contributed by atoms with Crippen LogP contribution in [-0.2, 0) is 0 Å². The third kappa shape index (κ3) is 3.28. The van der Waals surface area contributed by atoms with Crippen molar-refractivity contribution >= 4 is 17.2 Å². The summed E-state index contributed by atoms with van der Waals surface area (Å²) in [6.45, 7) is 4.08. The molecule has 1 aliphatic rings. The minimum absolute atomic E-state index is 0.231. The van der Waals surface area contributed by atoms with Crippen molar-refractivity contribution in [1.29, 1.82) is 0 Å². The molecular weight excluding hydrogens is 318 g/mol. The topological polar surface area (TPSA) is 63.6 Å². The molecule has 4 rings (SSSR count). The Morgan fingerprint density at radius 2 is 2.04 bits per heavy atom. The van der Waals surface area contributed by atoms with Crippen LogP contribution >= 0.6 is 11.3 Å². The fourth-order valence-corrected chi connectivity index (χ4v) is 3.66. The van der Waals surface area contributed by atoms with Crippen LogP contribution in [0.25, 0.3) is 11.5 Å². The van der Waals surface area contributed by atoms with Crippen molar-refractivity contribution < 1.29 is 0 Å². The largest absolute Gasteiger partial charge is 0.360 e. The normalized spacial score (nSPS) is 15.2. The highest BCUT2D eigenvalue weighted by Crippen LogP contribution is 2.43. The van der Waals surface area contributed by atoms with Crippen molar-refractivity contribution in [3.63, 3.8) is 0 Å². The van der Waals surface area contributed by atoms with Crippen molar-refractivity contribution in [3.05, 3.63) is 52.2 Å². The van der Waals surface area contributed by atoms with E-state index in [9.17, 15) is 0 Å². The number of aryl methyl sites for hydroxylation is 2. The zero-order chi connectivity index (χ0) is 16.5. The zero-order valence-electron chi connectivity index (χ0n) is 13.7. The Bertz CT molecular complexity index is 842. The lowest BCUT2D eigenvalue weighted by Crippen LogP contribution is -2.14. The van der Waals surface area contributed by atoms with Crippen LogP contribution < -0.4 is 5.32 Å². The first-order chi connectivity index (χ1) is 11.7. The summed E-state index contributed by atoms with van der Waals surface area (Å²) < 4.78 is 0. The molecule has 0 spiro atoms. The van der Waals surface area contributed by atoms with Gasteiger partial charge in [0.15, 0.2) is 5.82 Å². The van der Waals surface area contributed by atoms with Crippen molar-refractivity contribution in [3.8, 4) is 11.5 Å². The summed E-state index contributed by atoms with van der Waals surface area (Å²) in [5.74, 6) is 2.14. The van der Waals surface area contributed by atoms with Crippen LogP contribution in [0.5, 0.6) is 0 Å². The second kappa shape index (κ2) is 6.28. The Morgan fingerprint density at radius 3 is 2.71 bits per heavy atom. The molecule has 3 aromatic heterocycles. The van der Waals surface area contributed by atoms with Gasteiger partial charge in [0.05, 0.1) is 6.04 Å². The second-order valence-electron chi connectivity index (χ2n) is 6.20. The molecule has 1 aliphatic carbocycles. The summed E-state index contributed by atoms with van der Waals surface area (Å²) in [5.41, 5.74) is 1.72. The third-order valence-corrected chi connectivity index (χ3v) is 5.05. The molecule has 3 aromatic rings. The van der Waals surface area contributed by atoms with Gasteiger partial charge in [0, 0.05) is 29.0 Å². The monoisotopic (exact) mass is 337 g/mol. The second-order valence-corrected chi connectivity index (χ2v) is 7.47. The molecular formula is C18H19N5S. The Balaban J connectivity index is 1.65. The molecule has 1 fully saturated rings. The van der Waals surface area contributed by atoms with Crippen LogP contribution in [0.4, 0.5) is 5.82 Å². The van der Waals surface area contributed by atoms with Gasteiger partial charge in [-0.25, -0.2) is 15.0 Å². The Kier molecular flexibility index (Phi) is 3.98. The SMILES string of the molecule is Cc1cc(N[C@@H](c2ncc(C)s2)C2CC2)nc(-c2ccccn2)n1. The minimum atomic E-state index is 0.231. The van der Waals surface area contributed by atoms with Gasteiger partial charge in [0.2, 0.25) is 0 Å². The van der Waals surface area contributed by atoms with Crippen LogP contribution in [-0.4, -0.2) is 19.9 Å². The van der Waals surface area contributed by atoms with Crippen LogP contribution in [0, 0.1) is 19.8 Å². The summed E-state index contributed by atoms with van der Waals surface area (Å²) in [7, 11) is 0. The maximum absolute atomic E-state index is 4.68. The molecule has 1 atom stereocenters. The van der Waals surface area contributed by atoms with Crippen molar-refractivity contribution in [1.82, 2.24) is 19.9 Å². The van der Waals surface area contributed by atoms with E-state index < -0.39 is 0 Å². The number of pyridine rings is 1. The van der Waals surface area contributed by atoms with E-state index in [0.29, 0.717) is 11.7 Å². The van der Waals surface area contributed by atoms with Crippen LogP contribution in [0.15, 0.2) is 36.7 Å². The van der Waals surface area contributed by atoms with Crippen molar-refractivity contribution in [2.75, 3.05) is 5.32 Å². The van der Waals surface area contributed by atoms with Gasteiger partial charge in [-0.1, -0.05) is 6.07 Å². The summed E-state index contributed by atoms with van der Waals surface area (Å²) in [6.07, 6.45) is 6.20. The summed E-state index contributed by atoms with van der Waals surface area (Å²) in [6, 6.07) is 8.00. The lowest BCUT2D eigenvalue weighted by atomic mass is 10.2. The molecule has 1 saturated carbocycles. The Labute approximate surface area is 145 Å². The quantitative estimate of drug-likeness (QED) is 0.757. The standard InChI is InChI=1S/C18H19N5S/c1-11-9-15(23-17(21-11)14-5-3-4-8-19-14)22-16(13-6-7-13)18-20-10-12(2)24-18/h3-5,8-10,13,16H,6-7H2,1-2H3,(H,21,22,23)/t16-/m1/s1.